The molecule has 1 aromatic carbocycles. The Balaban J connectivity index is 2.44. The molecule has 0 saturated carbocycles. The van der Waals surface area contributed by atoms with Gasteiger partial charge in [0.05, 0.1) is 10.6 Å². The van der Waals surface area contributed by atoms with Crippen molar-refractivity contribution in [1.29, 1.82) is 5.26 Å². The summed E-state index contributed by atoms with van der Waals surface area (Å²) in [5.74, 6) is 0.742. The second kappa shape index (κ2) is 6.40. The third-order valence-electron chi connectivity index (χ3n) is 2.38. The molecule has 0 unspecified atom stereocenters. The molecular weight excluding hydrogens is 220 g/mol. The van der Waals surface area contributed by atoms with E-state index in [4.69, 9.17) is 16.9 Å². The lowest BCUT2D eigenvalue weighted by Crippen LogP contribution is -2.03. The minimum atomic E-state index is 0.511. The molecular formula is C13H17ClN2. The summed E-state index contributed by atoms with van der Waals surface area (Å²) in [4.78, 5) is 0. The Morgan fingerprint density at radius 1 is 1.44 bits per heavy atom. The summed E-state index contributed by atoms with van der Waals surface area (Å²) in [6.07, 6.45) is 2.37. The molecule has 0 saturated heterocycles. The summed E-state index contributed by atoms with van der Waals surface area (Å²) in [5, 5.41) is 12.5. The zero-order valence-corrected chi connectivity index (χ0v) is 10.5. The SMILES string of the molecule is CC(C)CCCNc1ccc(C#N)c(Cl)c1. The van der Waals surface area contributed by atoms with Crippen LogP contribution in [0.1, 0.15) is 32.3 Å². The molecule has 1 rings (SSSR count). The van der Waals surface area contributed by atoms with Crippen molar-refractivity contribution in [3.05, 3.63) is 28.8 Å². The van der Waals surface area contributed by atoms with Crippen LogP contribution in [0.5, 0.6) is 0 Å². The maximum Gasteiger partial charge on any atom is 0.101 e. The van der Waals surface area contributed by atoms with Crippen LogP contribution < -0.4 is 5.32 Å². The zero-order chi connectivity index (χ0) is 12.0. The number of nitriles is 1. The van der Waals surface area contributed by atoms with Gasteiger partial charge in [-0.1, -0.05) is 25.4 Å². The van der Waals surface area contributed by atoms with Crippen molar-refractivity contribution < 1.29 is 0 Å². The van der Waals surface area contributed by atoms with Crippen molar-refractivity contribution in [2.75, 3.05) is 11.9 Å². The number of hydrogen-bond donors (Lipinski definition) is 1. The molecule has 16 heavy (non-hydrogen) atoms. The maximum atomic E-state index is 8.73. The minimum absolute atomic E-state index is 0.511. The van der Waals surface area contributed by atoms with E-state index in [2.05, 4.69) is 19.2 Å². The number of anilines is 1. The van der Waals surface area contributed by atoms with E-state index in [1.165, 1.54) is 6.42 Å². The van der Waals surface area contributed by atoms with Gasteiger partial charge in [-0.3, -0.25) is 0 Å². The fourth-order valence-electron chi connectivity index (χ4n) is 1.46. The molecule has 0 aromatic heterocycles. The maximum absolute atomic E-state index is 8.73. The highest BCUT2D eigenvalue weighted by molar-refractivity contribution is 6.32. The van der Waals surface area contributed by atoms with E-state index in [9.17, 15) is 0 Å². The summed E-state index contributed by atoms with van der Waals surface area (Å²) in [5.41, 5.74) is 1.50. The van der Waals surface area contributed by atoms with Crippen LogP contribution in [0.2, 0.25) is 5.02 Å². The van der Waals surface area contributed by atoms with E-state index in [1.807, 2.05) is 12.1 Å². The summed E-state index contributed by atoms with van der Waals surface area (Å²) in [6.45, 7) is 5.39. The predicted octanol–water partition coefficient (Wildman–Crippen LogP) is 4.06. The lowest BCUT2D eigenvalue weighted by Gasteiger charge is -2.08. The van der Waals surface area contributed by atoms with Crippen LogP contribution in [0, 0.1) is 17.2 Å². The van der Waals surface area contributed by atoms with Gasteiger partial charge in [0.1, 0.15) is 6.07 Å². The quantitative estimate of drug-likeness (QED) is 0.783. The average molecular weight is 237 g/mol. The fraction of sp³-hybridized carbons (Fsp3) is 0.462. The molecule has 0 radical (unpaired) electrons. The van der Waals surface area contributed by atoms with Crippen molar-refractivity contribution in [2.24, 2.45) is 5.92 Å². The zero-order valence-electron chi connectivity index (χ0n) is 9.76. The first-order chi connectivity index (χ1) is 7.63. The number of nitrogens with one attached hydrogen (secondary N) is 1. The lowest BCUT2D eigenvalue weighted by atomic mass is 10.1. The first-order valence-electron chi connectivity index (χ1n) is 5.57. The molecule has 0 aliphatic carbocycles. The molecule has 0 fully saturated rings. The Hall–Kier alpha value is -1.20. The van der Waals surface area contributed by atoms with E-state index < -0.39 is 0 Å². The van der Waals surface area contributed by atoms with Gasteiger partial charge < -0.3 is 5.32 Å². The number of hydrogen-bond acceptors (Lipinski definition) is 2. The van der Waals surface area contributed by atoms with Gasteiger partial charge in [0.15, 0.2) is 0 Å². The van der Waals surface area contributed by atoms with Crippen molar-refractivity contribution in [1.82, 2.24) is 0 Å². The van der Waals surface area contributed by atoms with Crippen LogP contribution in [-0.2, 0) is 0 Å². The minimum Gasteiger partial charge on any atom is -0.385 e. The molecule has 0 amide bonds. The van der Waals surface area contributed by atoms with Crippen molar-refractivity contribution in [2.45, 2.75) is 26.7 Å². The topological polar surface area (TPSA) is 35.8 Å². The molecule has 0 aliphatic heterocycles. The van der Waals surface area contributed by atoms with Gasteiger partial charge in [0, 0.05) is 12.2 Å². The van der Waals surface area contributed by atoms with E-state index in [1.54, 1.807) is 12.1 Å². The lowest BCUT2D eigenvalue weighted by molar-refractivity contribution is 0.567. The molecule has 1 aromatic rings. The second-order valence-corrected chi connectivity index (χ2v) is 4.68. The van der Waals surface area contributed by atoms with Gasteiger partial charge in [-0.25, -0.2) is 0 Å². The molecule has 3 heteroatoms. The Morgan fingerprint density at radius 3 is 2.75 bits per heavy atom. The fourth-order valence-corrected chi connectivity index (χ4v) is 1.68. The van der Waals surface area contributed by atoms with E-state index in [0.717, 1.165) is 24.6 Å². The third-order valence-corrected chi connectivity index (χ3v) is 2.69. The van der Waals surface area contributed by atoms with Crippen LogP contribution >= 0.6 is 11.6 Å². The van der Waals surface area contributed by atoms with Crippen LogP contribution in [-0.4, -0.2) is 6.54 Å². The van der Waals surface area contributed by atoms with Crippen molar-refractivity contribution in [3.63, 3.8) is 0 Å². The molecule has 0 atom stereocenters. The molecule has 86 valence electrons. The summed E-state index contributed by atoms with van der Waals surface area (Å²) >= 11 is 5.93. The molecule has 0 bridgehead atoms. The van der Waals surface area contributed by atoms with Gasteiger partial charge in [-0.05, 0) is 37.0 Å². The highest BCUT2D eigenvalue weighted by atomic mass is 35.5. The van der Waals surface area contributed by atoms with Crippen LogP contribution in [0.15, 0.2) is 18.2 Å². The van der Waals surface area contributed by atoms with E-state index in [-0.39, 0.29) is 0 Å². The molecule has 0 aliphatic rings. The van der Waals surface area contributed by atoms with Crippen LogP contribution in [0.4, 0.5) is 5.69 Å². The normalized spacial score (nSPS) is 10.2. The molecule has 0 heterocycles. The van der Waals surface area contributed by atoms with Crippen molar-refractivity contribution in [3.8, 4) is 6.07 Å². The van der Waals surface area contributed by atoms with Gasteiger partial charge in [-0.15, -0.1) is 0 Å². The van der Waals surface area contributed by atoms with Crippen molar-refractivity contribution >= 4 is 17.3 Å². The molecule has 1 N–H and O–H groups in total. The van der Waals surface area contributed by atoms with Crippen LogP contribution in [0.25, 0.3) is 0 Å². The van der Waals surface area contributed by atoms with Gasteiger partial charge in [0.2, 0.25) is 0 Å². The smallest absolute Gasteiger partial charge is 0.101 e. The Labute approximate surface area is 102 Å². The van der Waals surface area contributed by atoms with E-state index in [0.29, 0.717) is 10.6 Å². The van der Waals surface area contributed by atoms with Gasteiger partial charge in [-0.2, -0.15) is 5.26 Å². The predicted molar refractivity (Wildman–Crippen MR) is 68.7 cm³/mol. The highest BCUT2D eigenvalue weighted by Gasteiger charge is 2.00. The highest BCUT2D eigenvalue weighted by Crippen LogP contribution is 2.20. The standard InChI is InChI=1S/C13H17ClN2/c1-10(2)4-3-7-16-12-6-5-11(9-15)13(14)8-12/h5-6,8,10,16H,3-4,7H2,1-2H3. The number of nitrogens with zero attached hydrogens (tertiary/aromatic N) is 1. The van der Waals surface area contributed by atoms with Crippen LogP contribution in [0.3, 0.4) is 0 Å². The Bertz CT molecular complexity index is 380. The van der Waals surface area contributed by atoms with Gasteiger partial charge in [0.25, 0.3) is 0 Å². The van der Waals surface area contributed by atoms with Gasteiger partial charge >= 0.3 is 0 Å². The number of rotatable bonds is 5. The number of benzene rings is 1. The monoisotopic (exact) mass is 236 g/mol. The number of halogens is 1. The average Bonchev–Trinajstić information content (AvgIpc) is 2.24. The molecule has 2 nitrogen and oxygen atoms in total. The molecule has 0 spiro atoms. The largest absolute Gasteiger partial charge is 0.385 e. The summed E-state index contributed by atoms with van der Waals surface area (Å²) in [7, 11) is 0. The first-order valence-corrected chi connectivity index (χ1v) is 5.95. The first kappa shape index (κ1) is 12.9. The summed E-state index contributed by atoms with van der Waals surface area (Å²) < 4.78 is 0. The second-order valence-electron chi connectivity index (χ2n) is 4.27. The van der Waals surface area contributed by atoms with E-state index >= 15 is 0 Å². The Morgan fingerprint density at radius 2 is 2.19 bits per heavy atom. The summed E-state index contributed by atoms with van der Waals surface area (Å²) in [6, 6.07) is 7.48. The third kappa shape index (κ3) is 4.12. The Kier molecular flexibility index (Phi) is 5.14.